The van der Waals surface area contributed by atoms with Gasteiger partial charge in [-0.2, -0.15) is 0 Å². The maximum absolute atomic E-state index is 3.68. The Morgan fingerprint density at radius 3 is 2.35 bits per heavy atom. The number of hydrogen-bond acceptors (Lipinski definition) is 2. The van der Waals surface area contributed by atoms with Gasteiger partial charge in [-0.3, -0.25) is 0 Å². The van der Waals surface area contributed by atoms with Gasteiger partial charge in [0.2, 0.25) is 0 Å². The highest BCUT2D eigenvalue weighted by Gasteiger charge is 2.64. The van der Waals surface area contributed by atoms with Gasteiger partial charge >= 0.3 is 0 Å². The minimum atomic E-state index is 1.07. The van der Waals surface area contributed by atoms with E-state index in [1.165, 1.54) is 39.0 Å². The maximum atomic E-state index is 3.68. The molecule has 0 amide bonds. The smallest absolute Gasteiger partial charge is 0.00148 e. The molecule has 0 aromatic rings. The predicted molar refractivity (Wildman–Crippen MR) is 71.9 cm³/mol. The summed E-state index contributed by atoms with van der Waals surface area (Å²) in [7, 11) is 0. The van der Waals surface area contributed by atoms with Crippen LogP contribution in [0.3, 0.4) is 0 Å². The fourth-order valence-corrected chi connectivity index (χ4v) is 4.69. The summed E-state index contributed by atoms with van der Waals surface area (Å²) in [6.07, 6.45) is 7.25. The minimum absolute atomic E-state index is 1.07. The first-order valence-corrected chi connectivity index (χ1v) is 7.83. The van der Waals surface area contributed by atoms with Crippen LogP contribution in [0.4, 0.5) is 0 Å². The Kier molecular flexibility index (Phi) is 3.72. The molecule has 0 aromatic carbocycles. The van der Waals surface area contributed by atoms with Crippen molar-refractivity contribution in [2.24, 2.45) is 29.6 Å². The highest BCUT2D eigenvalue weighted by atomic mass is 14.9. The van der Waals surface area contributed by atoms with Crippen LogP contribution in [0.1, 0.15) is 39.0 Å². The van der Waals surface area contributed by atoms with Crippen molar-refractivity contribution in [2.75, 3.05) is 26.2 Å². The quantitative estimate of drug-likeness (QED) is 0.632. The van der Waals surface area contributed by atoms with Crippen LogP contribution in [0.15, 0.2) is 0 Å². The summed E-state index contributed by atoms with van der Waals surface area (Å²) in [6, 6.07) is 0. The Morgan fingerprint density at radius 2 is 1.65 bits per heavy atom. The van der Waals surface area contributed by atoms with Gasteiger partial charge in [-0.25, -0.2) is 0 Å². The van der Waals surface area contributed by atoms with E-state index in [1.54, 1.807) is 19.3 Å². The average Bonchev–Trinajstić information content (AvgIpc) is 2.74. The Hall–Kier alpha value is -0.0800. The second-order valence-corrected chi connectivity index (χ2v) is 6.46. The van der Waals surface area contributed by atoms with E-state index in [0.717, 1.165) is 29.6 Å². The fourth-order valence-electron chi connectivity index (χ4n) is 4.69. The van der Waals surface area contributed by atoms with Crippen LogP contribution in [0.25, 0.3) is 0 Å². The maximum Gasteiger partial charge on any atom is -0.00148 e. The summed E-state index contributed by atoms with van der Waals surface area (Å²) >= 11 is 0. The number of nitrogens with one attached hydrogen (secondary N) is 2. The van der Waals surface area contributed by atoms with Crippen molar-refractivity contribution in [3.63, 3.8) is 0 Å². The minimum Gasteiger partial charge on any atom is -0.317 e. The van der Waals surface area contributed by atoms with E-state index in [1.807, 2.05) is 0 Å². The van der Waals surface area contributed by atoms with Crippen molar-refractivity contribution >= 4 is 0 Å². The molecule has 4 atom stereocenters. The molecule has 98 valence electrons. The zero-order valence-electron chi connectivity index (χ0n) is 11.3. The molecule has 3 aliphatic rings. The van der Waals surface area contributed by atoms with Crippen LogP contribution in [0, 0.1) is 29.6 Å². The molecule has 3 fully saturated rings. The SMILES string of the molecule is CCCNCCCNCC1C2C3CCC(C3)C12. The first-order chi connectivity index (χ1) is 8.42. The van der Waals surface area contributed by atoms with Crippen molar-refractivity contribution in [2.45, 2.75) is 39.0 Å². The number of rotatable bonds is 8. The van der Waals surface area contributed by atoms with Gasteiger partial charge in [0.05, 0.1) is 0 Å². The third-order valence-electron chi connectivity index (χ3n) is 5.41. The van der Waals surface area contributed by atoms with E-state index in [-0.39, 0.29) is 0 Å². The molecule has 4 unspecified atom stereocenters. The molecule has 0 radical (unpaired) electrons. The van der Waals surface area contributed by atoms with Crippen LogP contribution in [0.5, 0.6) is 0 Å². The third kappa shape index (κ3) is 2.39. The van der Waals surface area contributed by atoms with E-state index in [9.17, 15) is 0 Å². The summed E-state index contributed by atoms with van der Waals surface area (Å²) < 4.78 is 0. The van der Waals surface area contributed by atoms with Crippen molar-refractivity contribution in [1.82, 2.24) is 10.6 Å². The highest BCUT2D eigenvalue weighted by molar-refractivity contribution is 5.13. The first kappa shape index (κ1) is 12.0. The zero-order chi connectivity index (χ0) is 11.7. The second-order valence-electron chi connectivity index (χ2n) is 6.46. The molecule has 2 N–H and O–H groups in total. The molecule has 3 aliphatic carbocycles. The highest BCUT2D eigenvalue weighted by Crippen LogP contribution is 2.69. The van der Waals surface area contributed by atoms with Crippen LogP contribution in [0.2, 0.25) is 0 Å². The zero-order valence-corrected chi connectivity index (χ0v) is 11.3. The normalized spacial score (nSPS) is 41.8. The Bertz CT molecular complexity index is 237. The Morgan fingerprint density at radius 1 is 0.941 bits per heavy atom. The average molecular weight is 236 g/mol. The molecule has 17 heavy (non-hydrogen) atoms. The van der Waals surface area contributed by atoms with Crippen LogP contribution >= 0.6 is 0 Å². The van der Waals surface area contributed by atoms with E-state index in [4.69, 9.17) is 0 Å². The molecule has 0 aromatic heterocycles. The van der Waals surface area contributed by atoms with Gasteiger partial charge in [-0.15, -0.1) is 0 Å². The van der Waals surface area contributed by atoms with E-state index >= 15 is 0 Å². The molecule has 0 heterocycles. The standard InChI is InChI=1S/C15H28N2/c1-2-6-16-7-3-8-17-10-13-14-11-4-5-12(9-11)15(13)14/h11-17H,2-10H2,1H3. The summed E-state index contributed by atoms with van der Waals surface area (Å²) in [5.41, 5.74) is 0. The molecule has 3 saturated carbocycles. The molecule has 2 nitrogen and oxygen atoms in total. The van der Waals surface area contributed by atoms with Gasteiger partial charge < -0.3 is 10.6 Å². The summed E-state index contributed by atoms with van der Waals surface area (Å²) in [5.74, 6) is 5.66. The van der Waals surface area contributed by atoms with Crippen molar-refractivity contribution in [3.05, 3.63) is 0 Å². The Balaban J connectivity index is 1.23. The third-order valence-corrected chi connectivity index (χ3v) is 5.41. The second kappa shape index (κ2) is 5.27. The lowest BCUT2D eigenvalue weighted by Crippen LogP contribution is -2.25. The van der Waals surface area contributed by atoms with Gasteiger partial charge in [0.15, 0.2) is 0 Å². The van der Waals surface area contributed by atoms with Gasteiger partial charge in [0.1, 0.15) is 0 Å². The molecular formula is C15H28N2. The van der Waals surface area contributed by atoms with Gasteiger partial charge in [0.25, 0.3) is 0 Å². The van der Waals surface area contributed by atoms with E-state index in [0.29, 0.717) is 0 Å². The summed E-state index contributed by atoms with van der Waals surface area (Å²) in [4.78, 5) is 0. The molecule has 3 rings (SSSR count). The number of fused-ring (bicyclic) bond motifs is 5. The van der Waals surface area contributed by atoms with Gasteiger partial charge in [-0.05, 0) is 87.9 Å². The van der Waals surface area contributed by atoms with Crippen LogP contribution in [-0.2, 0) is 0 Å². The molecular weight excluding hydrogens is 208 g/mol. The lowest BCUT2D eigenvalue weighted by atomic mass is 10.0. The van der Waals surface area contributed by atoms with Crippen LogP contribution in [-0.4, -0.2) is 26.2 Å². The lowest BCUT2D eigenvalue weighted by molar-refractivity contribution is 0.441. The van der Waals surface area contributed by atoms with E-state index in [2.05, 4.69) is 17.6 Å². The van der Waals surface area contributed by atoms with Crippen LogP contribution < -0.4 is 10.6 Å². The topological polar surface area (TPSA) is 24.1 Å². The molecule has 2 heteroatoms. The molecule has 0 aliphatic heterocycles. The monoisotopic (exact) mass is 236 g/mol. The number of hydrogen-bond donors (Lipinski definition) is 2. The fraction of sp³-hybridized carbons (Fsp3) is 1.00. The molecule has 2 bridgehead atoms. The predicted octanol–water partition coefficient (Wildman–Crippen LogP) is 2.26. The van der Waals surface area contributed by atoms with Gasteiger partial charge in [-0.1, -0.05) is 6.92 Å². The van der Waals surface area contributed by atoms with Crippen molar-refractivity contribution < 1.29 is 0 Å². The van der Waals surface area contributed by atoms with Crippen molar-refractivity contribution in [1.29, 1.82) is 0 Å². The molecule has 0 saturated heterocycles. The summed E-state index contributed by atoms with van der Waals surface area (Å²) in [5, 5.41) is 7.14. The Labute approximate surface area is 106 Å². The lowest BCUT2D eigenvalue weighted by Gasteiger charge is -2.09. The molecule has 0 spiro atoms. The largest absolute Gasteiger partial charge is 0.317 e. The van der Waals surface area contributed by atoms with Gasteiger partial charge in [0, 0.05) is 0 Å². The van der Waals surface area contributed by atoms with Crippen molar-refractivity contribution in [3.8, 4) is 0 Å². The summed E-state index contributed by atoms with van der Waals surface area (Å²) in [6.45, 7) is 7.11. The van der Waals surface area contributed by atoms with E-state index < -0.39 is 0 Å². The first-order valence-electron chi connectivity index (χ1n) is 7.83.